The molecule has 0 radical (unpaired) electrons. The van der Waals surface area contributed by atoms with E-state index in [0.717, 1.165) is 12.1 Å². The van der Waals surface area contributed by atoms with Crippen LogP contribution in [0.4, 0.5) is 0 Å². The van der Waals surface area contributed by atoms with Crippen LogP contribution in [0, 0.1) is 0 Å². The van der Waals surface area contributed by atoms with Crippen molar-refractivity contribution in [3.05, 3.63) is 0 Å². The third-order valence-electron chi connectivity index (χ3n) is 3.85. The molecule has 0 spiro atoms. The van der Waals surface area contributed by atoms with Crippen molar-refractivity contribution in [3.8, 4) is 0 Å². The molecule has 0 aromatic heterocycles. The minimum Gasteiger partial charge on any atom is -0.314 e. The summed E-state index contributed by atoms with van der Waals surface area (Å²) in [5.41, 5.74) is 0. The van der Waals surface area contributed by atoms with Crippen LogP contribution < -0.4 is 5.32 Å². The maximum atomic E-state index is 3.42. The first kappa shape index (κ1) is 10.4. The average Bonchev–Trinajstić information content (AvgIpc) is 2.23. The van der Waals surface area contributed by atoms with Crippen molar-refractivity contribution >= 4 is 0 Å². The van der Waals surface area contributed by atoms with Crippen LogP contribution in [0.3, 0.4) is 0 Å². The van der Waals surface area contributed by atoms with Crippen LogP contribution in [-0.2, 0) is 0 Å². The largest absolute Gasteiger partial charge is 0.314 e. The number of hydrogen-bond donors (Lipinski definition) is 1. The molecule has 0 aromatic rings. The van der Waals surface area contributed by atoms with Gasteiger partial charge in [0.1, 0.15) is 0 Å². The van der Waals surface area contributed by atoms with Gasteiger partial charge >= 0.3 is 0 Å². The van der Waals surface area contributed by atoms with Crippen LogP contribution in [0.2, 0.25) is 0 Å². The molecule has 2 unspecified atom stereocenters. The Bertz CT molecular complexity index is 177. The van der Waals surface area contributed by atoms with Gasteiger partial charge in [-0.05, 0) is 33.4 Å². The zero-order valence-corrected chi connectivity index (χ0v) is 9.50. The van der Waals surface area contributed by atoms with Gasteiger partial charge in [0.2, 0.25) is 0 Å². The van der Waals surface area contributed by atoms with Crippen LogP contribution in [0.25, 0.3) is 0 Å². The average molecular weight is 197 g/mol. The van der Waals surface area contributed by atoms with E-state index in [1.807, 2.05) is 0 Å². The highest BCUT2D eigenvalue weighted by molar-refractivity contribution is 4.85. The Kier molecular flexibility index (Phi) is 3.42. The number of likely N-dealkylation sites (tertiary alicyclic amines) is 1. The number of piperazine rings is 1. The second-order valence-corrected chi connectivity index (χ2v) is 4.79. The van der Waals surface area contributed by atoms with Crippen LogP contribution >= 0.6 is 0 Å². The Balaban J connectivity index is 1.85. The van der Waals surface area contributed by atoms with E-state index in [4.69, 9.17) is 0 Å². The number of hydrogen-bond acceptors (Lipinski definition) is 3. The highest BCUT2D eigenvalue weighted by Crippen LogP contribution is 2.20. The number of piperidine rings is 1. The maximum absolute atomic E-state index is 3.42. The lowest BCUT2D eigenvalue weighted by molar-refractivity contribution is 0.0795. The van der Waals surface area contributed by atoms with Gasteiger partial charge in [0.15, 0.2) is 0 Å². The Hall–Kier alpha value is -0.120. The smallest absolute Gasteiger partial charge is 0.0123 e. The van der Waals surface area contributed by atoms with Crippen molar-refractivity contribution in [2.75, 3.05) is 39.8 Å². The van der Waals surface area contributed by atoms with Gasteiger partial charge in [0.05, 0.1) is 0 Å². The van der Waals surface area contributed by atoms with Crippen molar-refractivity contribution in [2.24, 2.45) is 0 Å². The van der Waals surface area contributed by atoms with E-state index < -0.39 is 0 Å². The first-order valence-electron chi connectivity index (χ1n) is 5.92. The first-order valence-corrected chi connectivity index (χ1v) is 5.92. The molecule has 2 aliphatic rings. The quantitative estimate of drug-likeness (QED) is 0.655. The fourth-order valence-electron chi connectivity index (χ4n) is 2.64. The summed E-state index contributed by atoms with van der Waals surface area (Å²) in [6.07, 6.45) is 2.72. The predicted molar refractivity (Wildman–Crippen MR) is 59.6 cm³/mol. The van der Waals surface area contributed by atoms with Crippen molar-refractivity contribution in [3.63, 3.8) is 0 Å². The summed E-state index contributed by atoms with van der Waals surface area (Å²) in [4.78, 5) is 5.17. The molecule has 14 heavy (non-hydrogen) atoms. The predicted octanol–water partition coefficient (Wildman–Crippen LogP) is 0.374. The molecule has 2 heterocycles. The molecule has 2 aliphatic heterocycles. The summed E-state index contributed by atoms with van der Waals surface area (Å²) >= 11 is 0. The zero-order valence-electron chi connectivity index (χ0n) is 9.50. The summed E-state index contributed by atoms with van der Waals surface area (Å²) in [6, 6.07) is 1.62. The molecule has 2 fully saturated rings. The minimum absolute atomic E-state index is 0.767. The van der Waals surface area contributed by atoms with Gasteiger partial charge in [-0.1, -0.05) is 0 Å². The number of rotatable bonds is 1. The fraction of sp³-hybridized carbons (Fsp3) is 1.00. The Labute approximate surface area is 87.4 Å². The zero-order chi connectivity index (χ0) is 9.97. The highest BCUT2D eigenvalue weighted by Gasteiger charge is 2.27. The van der Waals surface area contributed by atoms with Crippen molar-refractivity contribution < 1.29 is 0 Å². The second-order valence-electron chi connectivity index (χ2n) is 4.79. The van der Waals surface area contributed by atoms with E-state index in [1.165, 1.54) is 45.6 Å². The monoisotopic (exact) mass is 197 g/mol. The molecule has 2 rings (SSSR count). The molecule has 3 nitrogen and oxygen atoms in total. The van der Waals surface area contributed by atoms with Crippen LogP contribution in [0.5, 0.6) is 0 Å². The highest BCUT2D eigenvalue weighted by atomic mass is 15.2. The lowest BCUT2D eigenvalue weighted by Crippen LogP contribution is -2.53. The SMILES string of the molecule is CC1CC(N2CCNCC2)CCN1C. The Morgan fingerprint density at radius 2 is 1.86 bits per heavy atom. The van der Waals surface area contributed by atoms with Gasteiger partial charge < -0.3 is 10.2 Å². The van der Waals surface area contributed by atoms with Gasteiger partial charge in [0.25, 0.3) is 0 Å². The summed E-state index contributed by atoms with van der Waals surface area (Å²) in [5.74, 6) is 0. The van der Waals surface area contributed by atoms with Crippen molar-refractivity contribution in [2.45, 2.75) is 31.8 Å². The minimum atomic E-state index is 0.767. The molecule has 2 atom stereocenters. The molecule has 0 amide bonds. The van der Waals surface area contributed by atoms with E-state index in [1.54, 1.807) is 0 Å². The molecular formula is C11H23N3. The molecular weight excluding hydrogens is 174 g/mol. The van der Waals surface area contributed by atoms with Gasteiger partial charge in [-0.25, -0.2) is 0 Å². The first-order chi connectivity index (χ1) is 6.77. The lowest BCUT2D eigenvalue weighted by atomic mass is 9.97. The van der Waals surface area contributed by atoms with E-state index in [-0.39, 0.29) is 0 Å². The number of nitrogens with one attached hydrogen (secondary N) is 1. The Morgan fingerprint density at radius 3 is 2.50 bits per heavy atom. The van der Waals surface area contributed by atoms with Gasteiger partial charge in [-0.3, -0.25) is 4.90 Å². The topological polar surface area (TPSA) is 18.5 Å². The van der Waals surface area contributed by atoms with Gasteiger partial charge in [0, 0.05) is 38.3 Å². The normalized spacial score (nSPS) is 37.3. The molecule has 3 heteroatoms. The van der Waals surface area contributed by atoms with E-state index >= 15 is 0 Å². The van der Waals surface area contributed by atoms with Crippen LogP contribution in [-0.4, -0.2) is 61.7 Å². The molecule has 0 aliphatic carbocycles. The van der Waals surface area contributed by atoms with Gasteiger partial charge in [-0.2, -0.15) is 0 Å². The van der Waals surface area contributed by atoms with Crippen molar-refractivity contribution in [1.29, 1.82) is 0 Å². The van der Waals surface area contributed by atoms with E-state index in [2.05, 4.69) is 29.1 Å². The molecule has 0 aromatic carbocycles. The summed E-state index contributed by atoms with van der Waals surface area (Å²) in [7, 11) is 2.25. The third-order valence-corrected chi connectivity index (χ3v) is 3.85. The van der Waals surface area contributed by atoms with Crippen LogP contribution in [0.1, 0.15) is 19.8 Å². The molecule has 82 valence electrons. The maximum Gasteiger partial charge on any atom is 0.0123 e. The third kappa shape index (κ3) is 2.27. The Morgan fingerprint density at radius 1 is 1.14 bits per heavy atom. The van der Waals surface area contributed by atoms with E-state index in [9.17, 15) is 0 Å². The standard InChI is InChI=1S/C11H23N3/c1-10-9-11(3-6-13(10)2)14-7-4-12-5-8-14/h10-12H,3-9H2,1-2H3. The summed E-state index contributed by atoms with van der Waals surface area (Å²) in [5, 5.41) is 3.42. The molecule has 2 saturated heterocycles. The summed E-state index contributed by atoms with van der Waals surface area (Å²) < 4.78 is 0. The molecule has 0 bridgehead atoms. The summed E-state index contributed by atoms with van der Waals surface area (Å²) in [6.45, 7) is 8.49. The van der Waals surface area contributed by atoms with Crippen LogP contribution in [0.15, 0.2) is 0 Å². The van der Waals surface area contributed by atoms with Crippen molar-refractivity contribution in [1.82, 2.24) is 15.1 Å². The fourth-order valence-corrected chi connectivity index (χ4v) is 2.64. The van der Waals surface area contributed by atoms with Gasteiger partial charge in [-0.15, -0.1) is 0 Å². The van der Waals surface area contributed by atoms with E-state index in [0.29, 0.717) is 0 Å². The molecule has 0 saturated carbocycles. The number of nitrogens with zero attached hydrogens (tertiary/aromatic N) is 2. The second kappa shape index (κ2) is 4.60. The molecule has 1 N–H and O–H groups in total. The lowest BCUT2D eigenvalue weighted by Gasteiger charge is -2.42.